The number of ether oxygens (including phenoxy) is 2. The molecular weight excluding hydrogens is 658 g/mol. The second-order valence-corrected chi connectivity index (χ2v) is 11.7. The summed E-state index contributed by atoms with van der Waals surface area (Å²) in [4.78, 5) is 28.9. The Kier molecular flexibility index (Phi) is 12.9. The summed E-state index contributed by atoms with van der Waals surface area (Å²) in [5, 5.41) is 7.96. The molecule has 2 atom stereocenters. The van der Waals surface area contributed by atoms with Crippen molar-refractivity contribution in [3.63, 3.8) is 0 Å². The van der Waals surface area contributed by atoms with Crippen LogP contribution in [0.3, 0.4) is 0 Å². The number of benzene rings is 2. The highest BCUT2D eigenvalue weighted by molar-refractivity contribution is 9.10. The summed E-state index contributed by atoms with van der Waals surface area (Å²) in [5.74, 6) is -1.18. The zero-order chi connectivity index (χ0) is 32.6. The Morgan fingerprint density at radius 3 is 2.00 bits per heavy atom. The molecule has 2 amide bonds. The van der Waals surface area contributed by atoms with E-state index in [1.807, 2.05) is 40.0 Å². The van der Waals surface area contributed by atoms with Gasteiger partial charge < -0.3 is 30.1 Å². The molecule has 12 heteroatoms. The summed E-state index contributed by atoms with van der Waals surface area (Å²) in [7, 11) is 1.30. The molecule has 4 aromatic rings. The molecular formula is C32H40BrClF2N4O4. The van der Waals surface area contributed by atoms with Crippen LogP contribution in [-0.4, -0.2) is 48.6 Å². The minimum atomic E-state index is -1.01. The molecule has 2 aromatic carbocycles. The van der Waals surface area contributed by atoms with Crippen molar-refractivity contribution in [2.24, 2.45) is 0 Å². The number of hydrogen-bond acceptors (Lipinski definition) is 4. The molecule has 2 unspecified atom stereocenters. The van der Waals surface area contributed by atoms with Crippen LogP contribution in [0.5, 0.6) is 11.5 Å². The van der Waals surface area contributed by atoms with Gasteiger partial charge in [0.2, 0.25) is 17.6 Å². The third-order valence-corrected chi connectivity index (χ3v) is 8.70. The van der Waals surface area contributed by atoms with Crippen LogP contribution in [0.15, 0.2) is 29.0 Å². The fourth-order valence-corrected chi connectivity index (χ4v) is 5.49. The van der Waals surface area contributed by atoms with Crippen molar-refractivity contribution in [2.75, 3.05) is 26.8 Å². The standard InChI is InChI=1S/C16H20BrClN2O2.C16H20F2N2O2/c1-4-13(21)19-7-9(3)11-8-20-16-10(11)6-12(22-5-2)14(17)15(16)18;1-4-5-13(21)19-7-9(2)11-8-20-16-10(11)6-12(22-3)14(17)15(16)18/h2*6,8-9,20H,4-5,7H2,1-3H3,(H,19,21). The molecule has 4 rings (SSSR count). The van der Waals surface area contributed by atoms with E-state index in [1.54, 1.807) is 6.20 Å². The van der Waals surface area contributed by atoms with Crippen molar-refractivity contribution in [3.05, 3.63) is 56.8 Å². The van der Waals surface area contributed by atoms with Gasteiger partial charge >= 0.3 is 0 Å². The van der Waals surface area contributed by atoms with E-state index >= 15 is 0 Å². The van der Waals surface area contributed by atoms with Gasteiger partial charge in [-0.15, -0.1) is 0 Å². The molecule has 2 heterocycles. The fraction of sp³-hybridized carbons (Fsp3) is 0.438. The number of fused-ring (bicyclic) bond motifs is 2. The molecule has 0 aliphatic rings. The average Bonchev–Trinajstić information content (AvgIpc) is 3.64. The Balaban J connectivity index is 0.000000240. The zero-order valence-electron chi connectivity index (χ0n) is 25.9. The number of carbonyl (C=O) groups excluding carboxylic acids is 2. The van der Waals surface area contributed by atoms with Crippen molar-refractivity contribution < 1.29 is 27.8 Å². The first-order valence-electron chi connectivity index (χ1n) is 14.7. The van der Waals surface area contributed by atoms with E-state index in [1.165, 1.54) is 13.2 Å². The van der Waals surface area contributed by atoms with Gasteiger partial charge in [-0.05, 0) is 52.5 Å². The van der Waals surface area contributed by atoms with Gasteiger partial charge in [0.25, 0.3) is 0 Å². The van der Waals surface area contributed by atoms with Crippen molar-refractivity contribution >= 4 is 61.2 Å². The second-order valence-electron chi connectivity index (χ2n) is 10.5. The molecule has 0 saturated carbocycles. The van der Waals surface area contributed by atoms with Crippen molar-refractivity contribution in [1.82, 2.24) is 20.6 Å². The van der Waals surface area contributed by atoms with Gasteiger partial charge in [-0.1, -0.05) is 39.3 Å². The van der Waals surface area contributed by atoms with E-state index in [2.05, 4.69) is 43.5 Å². The quantitative estimate of drug-likeness (QED) is 0.120. The second kappa shape index (κ2) is 16.1. The molecule has 0 aliphatic heterocycles. The Bertz CT molecular complexity index is 1610. The number of aromatic amines is 2. The predicted molar refractivity (Wildman–Crippen MR) is 175 cm³/mol. The number of hydrogen-bond donors (Lipinski definition) is 4. The summed E-state index contributed by atoms with van der Waals surface area (Å²) >= 11 is 9.88. The van der Waals surface area contributed by atoms with Gasteiger partial charge in [0.15, 0.2) is 11.6 Å². The maximum atomic E-state index is 14.0. The number of amides is 2. The smallest absolute Gasteiger partial charge is 0.220 e. The number of nitrogens with one attached hydrogen (secondary N) is 4. The number of methoxy groups -OCH3 is 1. The highest BCUT2D eigenvalue weighted by Crippen LogP contribution is 2.41. The van der Waals surface area contributed by atoms with Gasteiger partial charge in [0, 0.05) is 60.9 Å². The van der Waals surface area contributed by atoms with E-state index in [9.17, 15) is 18.4 Å². The average molecular weight is 698 g/mol. The Morgan fingerprint density at radius 1 is 0.909 bits per heavy atom. The minimum Gasteiger partial charge on any atom is -0.494 e. The summed E-state index contributed by atoms with van der Waals surface area (Å²) in [6, 6.07) is 3.46. The molecule has 0 bridgehead atoms. The summed E-state index contributed by atoms with van der Waals surface area (Å²) in [6.07, 6.45) is 5.35. The van der Waals surface area contributed by atoms with Crippen LogP contribution in [0.4, 0.5) is 8.78 Å². The molecule has 4 N–H and O–H groups in total. The number of H-pyrrole nitrogens is 2. The lowest BCUT2D eigenvalue weighted by Gasteiger charge is -2.13. The van der Waals surface area contributed by atoms with E-state index in [4.69, 9.17) is 21.1 Å². The topological polar surface area (TPSA) is 108 Å². The van der Waals surface area contributed by atoms with E-state index in [0.29, 0.717) is 42.9 Å². The van der Waals surface area contributed by atoms with Crippen molar-refractivity contribution in [3.8, 4) is 11.5 Å². The van der Waals surface area contributed by atoms with Gasteiger partial charge in [-0.3, -0.25) is 9.59 Å². The van der Waals surface area contributed by atoms with Gasteiger partial charge in [0.05, 0.1) is 34.2 Å². The Hall–Kier alpha value is -3.31. The third-order valence-electron chi connectivity index (χ3n) is 7.30. The molecule has 0 aliphatic carbocycles. The van der Waals surface area contributed by atoms with Gasteiger partial charge in [-0.2, -0.15) is 4.39 Å². The molecule has 2 aromatic heterocycles. The minimum absolute atomic E-state index is 0.0102. The van der Waals surface area contributed by atoms with E-state index in [0.717, 1.165) is 38.7 Å². The van der Waals surface area contributed by atoms with Crippen molar-refractivity contribution in [2.45, 2.75) is 65.7 Å². The molecule has 0 fully saturated rings. The molecule has 0 spiro atoms. The van der Waals surface area contributed by atoms with Gasteiger partial charge in [0.1, 0.15) is 5.75 Å². The Labute approximate surface area is 269 Å². The van der Waals surface area contributed by atoms with Crippen molar-refractivity contribution in [1.29, 1.82) is 0 Å². The fourth-order valence-electron chi connectivity index (χ4n) is 4.82. The highest BCUT2D eigenvalue weighted by Gasteiger charge is 2.21. The first-order valence-corrected chi connectivity index (χ1v) is 15.8. The molecule has 0 radical (unpaired) electrons. The van der Waals surface area contributed by atoms with Crippen LogP contribution in [-0.2, 0) is 9.59 Å². The van der Waals surface area contributed by atoms with Crippen LogP contribution in [0.1, 0.15) is 76.8 Å². The van der Waals surface area contributed by atoms with Crippen LogP contribution in [0.25, 0.3) is 21.8 Å². The van der Waals surface area contributed by atoms with Crippen LogP contribution in [0, 0.1) is 11.6 Å². The predicted octanol–water partition coefficient (Wildman–Crippen LogP) is 8.09. The SMILES string of the molecule is CCCC(=O)NCC(C)c1c[nH]c2c(F)c(F)c(OC)cc12.CCOc1cc2c(C(C)CNC(=O)CC)c[nH]c2c(Cl)c1Br. The van der Waals surface area contributed by atoms with E-state index in [-0.39, 0.29) is 34.9 Å². The highest BCUT2D eigenvalue weighted by atomic mass is 79.9. The number of rotatable bonds is 12. The largest absolute Gasteiger partial charge is 0.494 e. The lowest BCUT2D eigenvalue weighted by atomic mass is 10.00. The number of halogens is 4. The van der Waals surface area contributed by atoms with E-state index < -0.39 is 11.6 Å². The normalized spacial score (nSPS) is 12.4. The molecule has 0 saturated heterocycles. The monoisotopic (exact) mass is 696 g/mol. The number of carbonyl (C=O) groups is 2. The third kappa shape index (κ3) is 8.04. The summed E-state index contributed by atoms with van der Waals surface area (Å²) in [5.41, 5.74) is 2.91. The lowest BCUT2D eigenvalue weighted by Crippen LogP contribution is -2.26. The Morgan fingerprint density at radius 2 is 1.45 bits per heavy atom. The zero-order valence-corrected chi connectivity index (χ0v) is 28.2. The maximum Gasteiger partial charge on any atom is 0.220 e. The number of aromatic nitrogens is 2. The van der Waals surface area contributed by atoms with Gasteiger partial charge in [-0.25, -0.2) is 4.39 Å². The maximum absolute atomic E-state index is 14.0. The molecule has 240 valence electrons. The first-order chi connectivity index (χ1) is 21.0. The molecule has 8 nitrogen and oxygen atoms in total. The van der Waals surface area contributed by atoms with Crippen LogP contribution >= 0.6 is 27.5 Å². The summed E-state index contributed by atoms with van der Waals surface area (Å²) in [6.45, 7) is 11.3. The van der Waals surface area contributed by atoms with Crippen LogP contribution < -0.4 is 20.1 Å². The lowest BCUT2D eigenvalue weighted by molar-refractivity contribution is -0.121. The van der Waals surface area contributed by atoms with Crippen LogP contribution in [0.2, 0.25) is 5.02 Å². The summed E-state index contributed by atoms with van der Waals surface area (Å²) < 4.78 is 38.9. The first kappa shape index (κ1) is 35.2. The molecule has 44 heavy (non-hydrogen) atoms.